The molecule has 0 saturated carbocycles. The van der Waals surface area contributed by atoms with Crippen LogP contribution in [0.4, 0.5) is 0 Å². The highest BCUT2D eigenvalue weighted by molar-refractivity contribution is 5.80. The third-order valence-electron chi connectivity index (χ3n) is 3.63. The van der Waals surface area contributed by atoms with E-state index >= 15 is 0 Å². The van der Waals surface area contributed by atoms with E-state index in [1.165, 1.54) is 0 Å². The van der Waals surface area contributed by atoms with Gasteiger partial charge >= 0.3 is 5.97 Å². The second kappa shape index (κ2) is 7.71. The molecule has 0 aliphatic carbocycles. The van der Waals surface area contributed by atoms with Gasteiger partial charge in [-0.2, -0.15) is 0 Å². The SMILES string of the molecule is CCOC(=O)C1CCN(C(=NC)NCc2ccco2)CC1. The number of esters is 1. The zero-order valence-electron chi connectivity index (χ0n) is 12.7. The van der Waals surface area contributed by atoms with Gasteiger partial charge in [0.15, 0.2) is 5.96 Å². The van der Waals surface area contributed by atoms with E-state index in [0.717, 1.165) is 37.7 Å². The summed E-state index contributed by atoms with van der Waals surface area (Å²) in [4.78, 5) is 18.2. The van der Waals surface area contributed by atoms with E-state index in [2.05, 4.69) is 15.2 Å². The lowest BCUT2D eigenvalue weighted by Gasteiger charge is -2.33. The number of piperidine rings is 1. The number of carbonyl (C=O) groups is 1. The second-order valence-electron chi connectivity index (χ2n) is 4.99. The molecular formula is C15H23N3O3. The Morgan fingerprint density at radius 1 is 1.52 bits per heavy atom. The van der Waals surface area contributed by atoms with Crippen LogP contribution in [0.2, 0.25) is 0 Å². The zero-order chi connectivity index (χ0) is 15.1. The van der Waals surface area contributed by atoms with Crippen LogP contribution in [0.3, 0.4) is 0 Å². The van der Waals surface area contributed by atoms with Gasteiger partial charge in [0.05, 0.1) is 25.3 Å². The van der Waals surface area contributed by atoms with Crippen molar-refractivity contribution in [3.05, 3.63) is 24.2 Å². The highest BCUT2D eigenvalue weighted by Gasteiger charge is 2.27. The molecule has 6 heteroatoms. The van der Waals surface area contributed by atoms with Gasteiger partial charge in [-0.25, -0.2) is 0 Å². The highest BCUT2D eigenvalue weighted by Crippen LogP contribution is 2.18. The summed E-state index contributed by atoms with van der Waals surface area (Å²) in [6, 6.07) is 3.79. The van der Waals surface area contributed by atoms with Crippen molar-refractivity contribution in [3.8, 4) is 0 Å². The number of furan rings is 1. The Hall–Kier alpha value is -1.98. The number of guanidine groups is 1. The number of nitrogens with zero attached hydrogens (tertiary/aromatic N) is 2. The molecule has 1 aromatic heterocycles. The van der Waals surface area contributed by atoms with Crippen LogP contribution in [0.15, 0.2) is 27.8 Å². The molecule has 0 spiro atoms. The molecule has 0 atom stereocenters. The van der Waals surface area contributed by atoms with Crippen LogP contribution in [0, 0.1) is 5.92 Å². The maximum absolute atomic E-state index is 11.7. The van der Waals surface area contributed by atoms with Gasteiger partial charge in [-0.15, -0.1) is 0 Å². The molecule has 116 valence electrons. The zero-order valence-corrected chi connectivity index (χ0v) is 12.7. The lowest BCUT2D eigenvalue weighted by atomic mass is 9.97. The fourth-order valence-corrected chi connectivity index (χ4v) is 2.50. The van der Waals surface area contributed by atoms with Crippen LogP contribution in [0.1, 0.15) is 25.5 Å². The van der Waals surface area contributed by atoms with Crippen molar-refractivity contribution in [1.82, 2.24) is 10.2 Å². The summed E-state index contributed by atoms with van der Waals surface area (Å²) in [5.74, 6) is 1.66. The van der Waals surface area contributed by atoms with Crippen LogP contribution in [0.25, 0.3) is 0 Å². The average Bonchev–Trinajstić information content (AvgIpc) is 3.02. The molecule has 1 fully saturated rings. The Kier molecular flexibility index (Phi) is 5.66. The maximum atomic E-state index is 11.7. The molecule has 6 nitrogen and oxygen atoms in total. The second-order valence-corrected chi connectivity index (χ2v) is 4.99. The van der Waals surface area contributed by atoms with E-state index in [1.54, 1.807) is 13.3 Å². The van der Waals surface area contributed by atoms with Gasteiger partial charge in [-0.1, -0.05) is 0 Å². The van der Waals surface area contributed by atoms with Gasteiger partial charge in [0.25, 0.3) is 0 Å². The molecule has 0 unspecified atom stereocenters. The van der Waals surface area contributed by atoms with Crippen molar-refractivity contribution < 1.29 is 13.9 Å². The summed E-state index contributed by atoms with van der Waals surface area (Å²) in [6.45, 7) is 4.51. The first-order chi connectivity index (χ1) is 10.2. The van der Waals surface area contributed by atoms with Crippen LogP contribution in [-0.4, -0.2) is 43.6 Å². The number of ether oxygens (including phenoxy) is 1. The number of aliphatic imine (C=N–C) groups is 1. The lowest BCUT2D eigenvalue weighted by Crippen LogP contribution is -2.46. The first-order valence-corrected chi connectivity index (χ1v) is 7.39. The quantitative estimate of drug-likeness (QED) is 0.519. The van der Waals surface area contributed by atoms with Gasteiger partial charge in [-0.05, 0) is 31.9 Å². The Morgan fingerprint density at radius 2 is 2.29 bits per heavy atom. The van der Waals surface area contributed by atoms with Gasteiger partial charge in [-0.3, -0.25) is 9.79 Å². The van der Waals surface area contributed by atoms with Crippen LogP contribution in [0.5, 0.6) is 0 Å². The van der Waals surface area contributed by atoms with Gasteiger partial charge in [0.2, 0.25) is 0 Å². The van der Waals surface area contributed by atoms with Crippen LogP contribution < -0.4 is 5.32 Å². The van der Waals surface area contributed by atoms with Crippen molar-refractivity contribution in [3.63, 3.8) is 0 Å². The molecule has 1 aliphatic rings. The van der Waals surface area contributed by atoms with E-state index in [-0.39, 0.29) is 11.9 Å². The lowest BCUT2D eigenvalue weighted by molar-refractivity contribution is -0.149. The molecule has 0 amide bonds. The van der Waals surface area contributed by atoms with Gasteiger partial charge in [0, 0.05) is 20.1 Å². The first kappa shape index (κ1) is 15.4. The summed E-state index contributed by atoms with van der Waals surface area (Å²) in [6.07, 6.45) is 3.27. The Bertz CT molecular complexity index is 463. The molecule has 0 bridgehead atoms. The molecule has 2 heterocycles. The minimum atomic E-state index is -0.0734. The average molecular weight is 293 g/mol. The molecule has 1 saturated heterocycles. The van der Waals surface area contributed by atoms with E-state index in [1.807, 2.05) is 19.1 Å². The topological polar surface area (TPSA) is 67.1 Å². The number of carbonyl (C=O) groups excluding carboxylic acids is 1. The number of hydrogen-bond acceptors (Lipinski definition) is 4. The number of hydrogen-bond donors (Lipinski definition) is 1. The third kappa shape index (κ3) is 4.24. The van der Waals surface area contributed by atoms with E-state index in [9.17, 15) is 4.79 Å². The predicted molar refractivity (Wildman–Crippen MR) is 79.8 cm³/mol. The predicted octanol–water partition coefficient (Wildman–Crippen LogP) is 1.63. The number of likely N-dealkylation sites (tertiary alicyclic amines) is 1. The monoisotopic (exact) mass is 293 g/mol. The number of rotatable bonds is 4. The van der Waals surface area contributed by atoms with Gasteiger partial charge < -0.3 is 19.4 Å². The Morgan fingerprint density at radius 3 is 2.86 bits per heavy atom. The largest absolute Gasteiger partial charge is 0.467 e. The minimum absolute atomic E-state index is 0.0179. The van der Waals surface area contributed by atoms with Crippen LogP contribution in [-0.2, 0) is 16.1 Å². The highest BCUT2D eigenvalue weighted by atomic mass is 16.5. The molecule has 2 rings (SSSR count). The molecule has 1 N–H and O–H groups in total. The van der Waals surface area contributed by atoms with Crippen molar-refractivity contribution in [2.45, 2.75) is 26.3 Å². The molecule has 21 heavy (non-hydrogen) atoms. The van der Waals surface area contributed by atoms with Crippen molar-refractivity contribution in [2.24, 2.45) is 10.9 Å². The summed E-state index contributed by atoms with van der Waals surface area (Å²) >= 11 is 0. The van der Waals surface area contributed by atoms with Crippen LogP contribution >= 0.6 is 0 Å². The van der Waals surface area contributed by atoms with Crippen molar-refractivity contribution in [1.29, 1.82) is 0 Å². The van der Waals surface area contributed by atoms with E-state index < -0.39 is 0 Å². The number of nitrogens with one attached hydrogen (secondary N) is 1. The summed E-state index contributed by atoms with van der Waals surface area (Å²) < 4.78 is 10.4. The molecule has 1 aromatic rings. The Labute approximate surface area is 125 Å². The van der Waals surface area contributed by atoms with Crippen molar-refractivity contribution >= 4 is 11.9 Å². The van der Waals surface area contributed by atoms with E-state index in [0.29, 0.717) is 13.2 Å². The van der Waals surface area contributed by atoms with E-state index in [4.69, 9.17) is 9.15 Å². The smallest absolute Gasteiger partial charge is 0.309 e. The van der Waals surface area contributed by atoms with Crippen molar-refractivity contribution in [2.75, 3.05) is 26.7 Å². The molecule has 0 radical (unpaired) electrons. The fourth-order valence-electron chi connectivity index (χ4n) is 2.50. The summed E-state index contributed by atoms with van der Waals surface area (Å²) in [7, 11) is 1.77. The standard InChI is InChI=1S/C15H23N3O3/c1-3-20-14(19)12-6-8-18(9-7-12)15(16-2)17-11-13-5-4-10-21-13/h4-5,10,12H,3,6-9,11H2,1-2H3,(H,16,17). The fraction of sp³-hybridized carbons (Fsp3) is 0.600. The Balaban J connectivity index is 1.80. The summed E-state index contributed by atoms with van der Waals surface area (Å²) in [5, 5.41) is 3.28. The first-order valence-electron chi connectivity index (χ1n) is 7.39. The minimum Gasteiger partial charge on any atom is -0.467 e. The summed E-state index contributed by atoms with van der Waals surface area (Å²) in [5.41, 5.74) is 0. The molecular weight excluding hydrogens is 270 g/mol. The molecule has 1 aliphatic heterocycles. The third-order valence-corrected chi connectivity index (χ3v) is 3.63. The van der Waals surface area contributed by atoms with Gasteiger partial charge in [0.1, 0.15) is 5.76 Å². The normalized spacial score (nSPS) is 16.9. The molecule has 0 aromatic carbocycles. The maximum Gasteiger partial charge on any atom is 0.309 e.